The molecule has 0 saturated carbocycles. The maximum Gasteiger partial charge on any atom is 0.231 e. The van der Waals surface area contributed by atoms with Crippen molar-refractivity contribution < 1.29 is 9.47 Å². The van der Waals surface area contributed by atoms with Gasteiger partial charge in [-0.25, -0.2) is 15.0 Å². The standard InChI is InChI=1S/C21H28IN7O2S/c1-2-5-24-6-3-7-25-8-4-9-29-20-18(19(23)26-12-27-20)28-21(29)32-17-11-16-15(10-14(17)22)30-13-31-16/h10-12,24-25H,2-9,13H2,1H3,(H2,23,26,27). The topological polar surface area (TPSA) is 112 Å². The summed E-state index contributed by atoms with van der Waals surface area (Å²) < 4.78 is 14.2. The lowest BCUT2D eigenvalue weighted by Crippen LogP contribution is -2.23. The van der Waals surface area contributed by atoms with Crippen LogP contribution in [-0.2, 0) is 6.54 Å². The van der Waals surface area contributed by atoms with Crippen molar-refractivity contribution in [2.75, 3.05) is 38.7 Å². The number of fused-ring (bicyclic) bond motifs is 2. The Morgan fingerprint density at radius 3 is 2.66 bits per heavy atom. The van der Waals surface area contributed by atoms with Crippen molar-refractivity contribution in [3.8, 4) is 11.5 Å². The van der Waals surface area contributed by atoms with Gasteiger partial charge in [0.15, 0.2) is 33.6 Å². The Morgan fingerprint density at radius 2 is 1.84 bits per heavy atom. The van der Waals surface area contributed by atoms with Crippen molar-refractivity contribution in [3.05, 3.63) is 22.0 Å². The SMILES string of the molecule is CCCNCCCNCCCn1c(Sc2cc3c(cc2I)OCO3)nc2c(N)ncnc21. The molecule has 4 rings (SSSR count). The highest BCUT2D eigenvalue weighted by atomic mass is 127. The number of halogens is 1. The quantitative estimate of drug-likeness (QED) is 0.224. The van der Waals surface area contributed by atoms with Crippen LogP contribution in [0.2, 0.25) is 0 Å². The van der Waals surface area contributed by atoms with Gasteiger partial charge in [-0.05, 0) is 80.2 Å². The Labute approximate surface area is 205 Å². The van der Waals surface area contributed by atoms with Crippen LogP contribution < -0.4 is 25.8 Å². The molecule has 0 saturated heterocycles. The fourth-order valence-electron chi connectivity index (χ4n) is 3.42. The minimum Gasteiger partial charge on any atom is -0.454 e. The third-order valence-corrected chi connectivity index (χ3v) is 7.33. The molecule has 2 aromatic heterocycles. The number of hydrogen-bond acceptors (Lipinski definition) is 9. The number of aromatic nitrogens is 4. The van der Waals surface area contributed by atoms with Crippen molar-refractivity contribution in [1.82, 2.24) is 30.2 Å². The molecular weight excluding hydrogens is 541 g/mol. The highest BCUT2D eigenvalue weighted by Gasteiger charge is 2.20. The van der Waals surface area contributed by atoms with Crippen LogP contribution in [0.15, 0.2) is 28.5 Å². The molecule has 1 aliphatic rings. The number of nitrogens with one attached hydrogen (secondary N) is 2. The number of imidazole rings is 1. The summed E-state index contributed by atoms with van der Waals surface area (Å²) in [7, 11) is 0. The largest absolute Gasteiger partial charge is 0.454 e. The number of hydrogen-bond donors (Lipinski definition) is 3. The first-order chi connectivity index (χ1) is 15.7. The number of rotatable bonds is 12. The average Bonchev–Trinajstić information content (AvgIpc) is 3.38. The average molecular weight is 569 g/mol. The minimum absolute atomic E-state index is 0.256. The maximum absolute atomic E-state index is 6.09. The molecule has 3 heterocycles. The zero-order chi connectivity index (χ0) is 22.3. The molecular formula is C21H28IN7O2S. The molecule has 9 nitrogen and oxygen atoms in total. The van der Waals surface area contributed by atoms with E-state index in [1.165, 1.54) is 12.7 Å². The van der Waals surface area contributed by atoms with Crippen LogP contribution in [0.25, 0.3) is 11.2 Å². The number of aryl methyl sites for hydroxylation is 1. The van der Waals surface area contributed by atoms with E-state index in [-0.39, 0.29) is 6.79 Å². The van der Waals surface area contributed by atoms with Crippen LogP contribution >= 0.6 is 34.4 Å². The smallest absolute Gasteiger partial charge is 0.231 e. The highest BCUT2D eigenvalue weighted by Crippen LogP contribution is 2.41. The van der Waals surface area contributed by atoms with Crippen LogP contribution in [0.4, 0.5) is 5.82 Å². The van der Waals surface area contributed by atoms with Gasteiger partial charge in [-0.15, -0.1) is 0 Å². The summed E-state index contributed by atoms with van der Waals surface area (Å²) >= 11 is 3.89. The fourth-order valence-corrected chi connectivity index (χ4v) is 5.13. The summed E-state index contributed by atoms with van der Waals surface area (Å²) in [5, 5.41) is 7.79. The number of anilines is 1. The van der Waals surface area contributed by atoms with Gasteiger partial charge in [0.1, 0.15) is 6.33 Å². The van der Waals surface area contributed by atoms with E-state index in [1.807, 2.05) is 12.1 Å². The Hall–Kier alpha value is -1.83. The maximum atomic E-state index is 6.09. The van der Waals surface area contributed by atoms with E-state index >= 15 is 0 Å². The number of nitrogens with zero attached hydrogens (tertiary/aromatic N) is 4. The molecule has 4 N–H and O–H groups in total. The first kappa shape index (κ1) is 23.3. The van der Waals surface area contributed by atoms with Gasteiger partial charge >= 0.3 is 0 Å². The molecule has 0 fully saturated rings. The van der Waals surface area contributed by atoms with Crippen LogP contribution in [-0.4, -0.2) is 52.5 Å². The normalized spacial score (nSPS) is 12.7. The molecule has 1 aliphatic heterocycles. The molecule has 0 aliphatic carbocycles. The third kappa shape index (κ3) is 5.56. The summed E-state index contributed by atoms with van der Waals surface area (Å²) in [4.78, 5) is 14.4. The van der Waals surface area contributed by atoms with Gasteiger partial charge in [0, 0.05) is 15.0 Å². The van der Waals surface area contributed by atoms with Crippen molar-refractivity contribution in [1.29, 1.82) is 0 Å². The molecule has 0 spiro atoms. The predicted molar refractivity (Wildman–Crippen MR) is 134 cm³/mol. The second-order valence-corrected chi connectivity index (χ2v) is 9.59. The van der Waals surface area contributed by atoms with Gasteiger partial charge in [-0.1, -0.05) is 18.7 Å². The number of ether oxygens (including phenoxy) is 2. The molecule has 3 aromatic rings. The summed E-state index contributed by atoms with van der Waals surface area (Å²) in [6.07, 6.45) is 4.76. The Balaban J connectivity index is 1.44. The van der Waals surface area contributed by atoms with Crippen LogP contribution in [0.3, 0.4) is 0 Å². The van der Waals surface area contributed by atoms with E-state index in [0.29, 0.717) is 11.3 Å². The number of nitrogens with two attached hydrogens (primary N) is 1. The summed E-state index contributed by atoms with van der Waals surface area (Å²) in [6.45, 7) is 7.31. The van der Waals surface area contributed by atoms with Crippen molar-refractivity contribution >= 4 is 51.3 Å². The molecule has 0 bridgehead atoms. The minimum atomic E-state index is 0.256. The van der Waals surface area contributed by atoms with Crippen LogP contribution in [0.1, 0.15) is 26.2 Å². The zero-order valence-electron chi connectivity index (χ0n) is 18.1. The van der Waals surface area contributed by atoms with E-state index in [4.69, 9.17) is 20.2 Å². The Bertz CT molecular complexity index is 1060. The number of benzene rings is 1. The lowest BCUT2D eigenvalue weighted by Gasteiger charge is -2.10. The second-order valence-electron chi connectivity index (χ2n) is 7.42. The van der Waals surface area contributed by atoms with Crippen molar-refractivity contribution in [3.63, 3.8) is 0 Å². The number of nitrogen functional groups attached to an aromatic ring is 1. The first-order valence-corrected chi connectivity index (χ1v) is 12.7. The third-order valence-electron chi connectivity index (χ3n) is 5.02. The van der Waals surface area contributed by atoms with Gasteiger partial charge in [0.2, 0.25) is 6.79 Å². The molecule has 0 unspecified atom stereocenters. The van der Waals surface area contributed by atoms with Gasteiger partial charge < -0.3 is 30.4 Å². The van der Waals surface area contributed by atoms with E-state index in [1.54, 1.807) is 11.8 Å². The predicted octanol–water partition coefficient (Wildman–Crippen LogP) is 3.26. The van der Waals surface area contributed by atoms with Gasteiger partial charge in [0.25, 0.3) is 0 Å². The molecule has 0 amide bonds. The Morgan fingerprint density at radius 1 is 1.09 bits per heavy atom. The van der Waals surface area contributed by atoms with E-state index in [9.17, 15) is 0 Å². The van der Waals surface area contributed by atoms with Gasteiger partial charge in [-0.3, -0.25) is 0 Å². The Kier molecular flexibility index (Phi) is 8.27. The van der Waals surface area contributed by atoms with Crippen LogP contribution in [0, 0.1) is 3.57 Å². The van der Waals surface area contributed by atoms with E-state index < -0.39 is 0 Å². The molecule has 11 heteroatoms. The lowest BCUT2D eigenvalue weighted by molar-refractivity contribution is 0.174. The molecule has 0 radical (unpaired) electrons. The van der Waals surface area contributed by atoms with E-state index in [2.05, 4.69) is 54.7 Å². The first-order valence-electron chi connectivity index (χ1n) is 10.8. The summed E-state index contributed by atoms with van der Waals surface area (Å²) in [5.74, 6) is 1.93. The zero-order valence-corrected chi connectivity index (χ0v) is 21.0. The second kappa shape index (κ2) is 11.3. The molecule has 172 valence electrons. The lowest BCUT2D eigenvalue weighted by atomic mass is 10.3. The summed E-state index contributed by atoms with van der Waals surface area (Å²) in [5.41, 5.74) is 7.49. The molecule has 1 aromatic carbocycles. The van der Waals surface area contributed by atoms with Gasteiger partial charge in [-0.2, -0.15) is 0 Å². The van der Waals surface area contributed by atoms with Crippen molar-refractivity contribution in [2.45, 2.75) is 42.8 Å². The van der Waals surface area contributed by atoms with E-state index in [0.717, 1.165) is 76.3 Å². The molecule has 0 atom stereocenters. The monoisotopic (exact) mass is 569 g/mol. The highest BCUT2D eigenvalue weighted by molar-refractivity contribution is 14.1. The fraction of sp³-hybridized carbons (Fsp3) is 0.476. The molecule has 32 heavy (non-hydrogen) atoms. The van der Waals surface area contributed by atoms with Crippen molar-refractivity contribution in [2.24, 2.45) is 0 Å². The summed E-state index contributed by atoms with van der Waals surface area (Å²) in [6, 6.07) is 3.99. The van der Waals surface area contributed by atoms with Gasteiger partial charge in [0.05, 0.1) is 0 Å². The van der Waals surface area contributed by atoms with Crippen LogP contribution in [0.5, 0.6) is 11.5 Å².